The SMILES string of the molecule is C[C@@H]1CC[C@@H](C(C)(C)c2ccccc2)[C@H](OC(=O)/C=C/[C@H]2CCCCN2P(=O)(Oc2ccccc2)Oc2ccccc2)C1. The first-order valence-electron chi connectivity index (χ1n) is 15.6. The lowest BCUT2D eigenvalue weighted by molar-refractivity contribution is -0.150. The maximum Gasteiger partial charge on any atom is 0.516 e. The molecule has 7 heteroatoms. The van der Waals surface area contributed by atoms with Crippen molar-refractivity contribution in [2.45, 2.75) is 76.9 Å². The third-order valence-electron chi connectivity index (χ3n) is 8.98. The third-order valence-corrected chi connectivity index (χ3v) is 11.0. The van der Waals surface area contributed by atoms with Gasteiger partial charge in [-0.1, -0.05) is 106 Å². The quantitative estimate of drug-likeness (QED) is 0.131. The Bertz CT molecular complexity index is 1350. The van der Waals surface area contributed by atoms with E-state index < -0.39 is 7.75 Å². The van der Waals surface area contributed by atoms with Crippen molar-refractivity contribution in [2.75, 3.05) is 6.54 Å². The number of nitrogens with zero attached hydrogens (tertiary/aromatic N) is 1. The van der Waals surface area contributed by atoms with Crippen molar-refractivity contribution in [3.63, 3.8) is 0 Å². The van der Waals surface area contributed by atoms with Crippen LogP contribution in [0.3, 0.4) is 0 Å². The molecule has 0 spiro atoms. The number of rotatable bonds is 10. The van der Waals surface area contributed by atoms with Gasteiger partial charge in [0.25, 0.3) is 0 Å². The first-order valence-corrected chi connectivity index (χ1v) is 17.0. The number of hydrogen-bond donors (Lipinski definition) is 0. The van der Waals surface area contributed by atoms with E-state index in [1.165, 1.54) is 11.6 Å². The van der Waals surface area contributed by atoms with Crippen LogP contribution in [0.25, 0.3) is 0 Å². The van der Waals surface area contributed by atoms with Gasteiger partial charge in [-0.2, -0.15) is 4.67 Å². The van der Waals surface area contributed by atoms with Crippen LogP contribution in [0.1, 0.15) is 64.9 Å². The van der Waals surface area contributed by atoms with Gasteiger partial charge in [0.05, 0.1) is 0 Å². The second kappa shape index (κ2) is 14.0. The fourth-order valence-corrected chi connectivity index (χ4v) is 8.50. The number of benzene rings is 3. The topological polar surface area (TPSA) is 65.1 Å². The molecule has 0 unspecified atom stereocenters. The molecule has 2 aliphatic rings. The van der Waals surface area contributed by atoms with Gasteiger partial charge >= 0.3 is 13.7 Å². The molecule has 0 amide bonds. The first kappa shape index (κ1) is 31.1. The molecule has 0 bridgehead atoms. The number of ether oxygens (including phenoxy) is 1. The maximum absolute atomic E-state index is 14.5. The summed E-state index contributed by atoms with van der Waals surface area (Å²) in [5, 5.41) is 0. The minimum atomic E-state index is -3.83. The zero-order valence-electron chi connectivity index (χ0n) is 25.5. The summed E-state index contributed by atoms with van der Waals surface area (Å²) in [7, 11) is -3.83. The van der Waals surface area contributed by atoms with Crippen LogP contribution in [0, 0.1) is 11.8 Å². The fourth-order valence-electron chi connectivity index (χ4n) is 6.54. The molecule has 5 rings (SSSR count). The number of piperidine rings is 1. The van der Waals surface area contributed by atoms with Crippen LogP contribution in [0.15, 0.2) is 103 Å². The van der Waals surface area contributed by atoms with Crippen molar-refractivity contribution in [3.8, 4) is 11.5 Å². The van der Waals surface area contributed by atoms with Crippen LogP contribution in [0.2, 0.25) is 0 Å². The van der Waals surface area contributed by atoms with Crippen molar-refractivity contribution in [1.82, 2.24) is 4.67 Å². The molecule has 1 saturated heterocycles. The largest absolute Gasteiger partial charge is 0.516 e. The third kappa shape index (κ3) is 7.79. The molecule has 1 heterocycles. The van der Waals surface area contributed by atoms with Crippen molar-refractivity contribution >= 4 is 13.7 Å². The summed E-state index contributed by atoms with van der Waals surface area (Å²) < 4.78 is 34.8. The Morgan fingerprint density at radius 2 is 1.42 bits per heavy atom. The van der Waals surface area contributed by atoms with E-state index in [1.807, 2.05) is 48.5 Å². The smallest absolute Gasteiger partial charge is 0.459 e. The van der Waals surface area contributed by atoms with Gasteiger partial charge in [0.15, 0.2) is 0 Å². The second-order valence-electron chi connectivity index (χ2n) is 12.5. The van der Waals surface area contributed by atoms with Gasteiger partial charge in [0, 0.05) is 24.6 Å². The Balaban J connectivity index is 1.34. The average Bonchev–Trinajstić information content (AvgIpc) is 3.01. The summed E-state index contributed by atoms with van der Waals surface area (Å²) >= 11 is 0. The molecule has 1 aliphatic heterocycles. The molecule has 0 radical (unpaired) electrons. The number of esters is 1. The highest BCUT2D eigenvalue weighted by molar-refractivity contribution is 7.52. The predicted octanol–water partition coefficient (Wildman–Crippen LogP) is 8.99. The van der Waals surface area contributed by atoms with Crippen LogP contribution in [0.4, 0.5) is 0 Å². The van der Waals surface area contributed by atoms with Crippen LogP contribution >= 0.6 is 7.75 Å². The van der Waals surface area contributed by atoms with Crippen LogP contribution < -0.4 is 9.05 Å². The standard InChI is InChI=1S/C36H44NO5P/c1-28-22-24-33(36(2,3)29-15-7-4-8-16-29)34(27-28)40-35(38)25-23-30-17-13-14-26-37(30)43(39,41-31-18-9-5-10-19-31)42-32-20-11-6-12-21-32/h4-12,15-16,18-21,23,25,28,30,33-34H,13-14,17,22,24,26-27H2,1-3H3/b25-23+/t28-,30-,33-,34-/m1/s1. The Labute approximate surface area is 256 Å². The minimum Gasteiger partial charge on any atom is -0.459 e. The van der Waals surface area contributed by atoms with Crippen LogP contribution in [-0.2, 0) is 19.5 Å². The van der Waals surface area contributed by atoms with Gasteiger partial charge in [0.1, 0.15) is 17.6 Å². The molecule has 2 fully saturated rings. The maximum atomic E-state index is 14.5. The predicted molar refractivity (Wildman–Crippen MR) is 171 cm³/mol. The van der Waals surface area contributed by atoms with Gasteiger partial charge < -0.3 is 13.8 Å². The normalized spacial score (nSPS) is 23.5. The molecule has 1 aliphatic carbocycles. The highest BCUT2D eigenvalue weighted by Gasteiger charge is 2.43. The molecule has 4 atom stereocenters. The number of carbonyl (C=O) groups excluding carboxylic acids is 1. The van der Waals surface area contributed by atoms with E-state index in [9.17, 15) is 9.36 Å². The second-order valence-corrected chi connectivity index (χ2v) is 14.3. The zero-order chi connectivity index (χ0) is 30.3. The Hall–Kier alpha value is -3.34. The van der Waals surface area contributed by atoms with Gasteiger partial charge in [-0.05, 0) is 66.8 Å². The van der Waals surface area contributed by atoms with E-state index in [0.29, 0.717) is 24.0 Å². The Morgan fingerprint density at radius 1 is 0.837 bits per heavy atom. The average molecular weight is 602 g/mol. The van der Waals surface area contributed by atoms with E-state index in [1.54, 1.807) is 28.9 Å². The highest BCUT2D eigenvalue weighted by Crippen LogP contribution is 2.54. The summed E-state index contributed by atoms with van der Waals surface area (Å²) in [6.45, 7) is 7.28. The lowest BCUT2D eigenvalue weighted by atomic mass is 9.64. The Kier molecular flexibility index (Phi) is 10.1. The van der Waals surface area contributed by atoms with Crippen LogP contribution in [0.5, 0.6) is 11.5 Å². The first-order chi connectivity index (χ1) is 20.7. The van der Waals surface area contributed by atoms with E-state index in [2.05, 4.69) is 45.0 Å². The van der Waals surface area contributed by atoms with Crippen LogP contribution in [-0.4, -0.2) is 29.3 Å². The fraction of sp³-hybridized carbons (Fsp3) is 0.417. The number of para-hydroxylation sites is 2. The van der Waals surface area contributed by atoms with Gasteiger partial charge in [-0.25, -0.2) is 9.36 Å². The number of carbonyl (C=O) groups is 1. The van der Waals surface area contributed by atoms with E-state index in [-0.39, 0.29) is 29.4 Å². The van der Waals surface area contributed by atoms with Gasteiger partial charge in [-0.3, -0.25) is 0 Å². The molecule has 3 aromatic carbocycles. The summed E-state index contributed by atoms with van der Waals surface area (Å²) in [6.07, 6.45) is 8.68. The monoisotopic (exact) mass is 601 g/mol. The zero-order valence-corrected chi connectivity index (χ0v) is 26.4. The molecule has 3 aromatic rings. The lowest BCUT2D eigenvalue weighted by Gasteiger charge is -2.43. The van der Waals surface area contributed by atoms with E-state index >= 15 is 0 Å². The molecular weight excluding hydrogens is 557 g/mol. The molecular formula is C36H44NO5P. The lowest BCUT2D eigenvalue weighted by Crippen LogP contribution is -2.43. The summed E-state index contributed by atoms with van der Waals surface area (Å²) in [4.78, 5) is 13.3. The summed E-state index contributed by atoms with van der Waals surface area (Å²) in [5.74, 6) is 1.28. The molecule has 1 saturated carbocycles. The molecule has 0 aromatic heterocycles. The van der Waals surface area contributed by atoms with Crippen molar-refractivity contribution in [3.05, 3.63) is 109 Å². The van der Waals surface area contributed by atoms with Gasteiger partial charge in [0.2, 0.25) is 0 Å². The van der Waals surface area contributed by atoms with Crippen molar-refractivity contribution in [2.24, 2.45) is 11.8 Å². The molecule has 6 nitrogen and oxygen atoms in total. The summed E-state index contributed by atoms with van der Waals surface area (Å²) in [5.41, 5.74) is 1.13. The summed E-state index contributed by atoms with van der Waals surface area (Å²) in [6, 6.07) is 28.4. The van der Waals surface area contributed by atoms with E-state index in [4.69, 9.17) is 13.8 Å². The van der Waals surface area contributed by atoms with Gasteiger partial charge in [-0.15, -0.1) is 0 Å². The molecule has 43 heavy (non-hydrogen) atoms. The highest BCUT2D eigenvalue weighted by atomic mass is 31.2. The number of hydrogen-bond acceptors (Lipinski definition) is 5. The molecule has 228 valence electrons. The van der Waals surface area contributed by atoms with Crippen molar-refractivity contribution in [1.29, 1.82) is 0 Å². The molecule has 0 N–H and O–H groups in total. The minimum absolute atomic E-state index is 0.133. The van der Waals surface area contributed by atoms with E-state index in [0.717, 1.165) is 38.5 Å². The Morgan fingerprint density at radius 3 is 2.02 bits per heavy atom. The van der Waals surface area contributed by atoms with Crippen molar-refractivity contribution < 1.29 is 23.1 Å².